The molecular weight excluding hydrogens is 360 g/mol. The van der Waals surface area contributed by atoms with Crippen molar-refractivity contribution in [1.29, 1.82) is 0 Å². The standard InChI is InChI=1S/C20H30N4O2S/c1-13(16-12-27-18(22-16)11-24(2)3)6-5-9-21-20(14-7-4-8-14)23-15-10-17(25)19(15)26/h10,12-14,20-21,23H,4-9,11H2,1-3H3. The Kier molecular flexibility index (Phi) is 6.78. The van der Waals surface area contributed by atoms with Crippen LogP contribution in [0.2, 0.25) is 0 Å². The van der Waals surface area contributed by atoms with E-state index in [9.17, 15) is 9.59 Å². The van der Waals surface area contributed by atoms with Crippen LogP contribution < -0.4 is 21.5 Å². The van der Waals surface area contributed by atoms with Gasteiger partial charge in [-0.05, 0) is 58.2 Å². The van der Waals surface area contributed by atoms with E-state index in [-0.39, 0.29) is 11.6 Å². The molecule has 1 heterocycles. The van der Waals surface area contributed by atoms with E-state index in [0.717, 1.165) is 25.9 Å². The Morgan fingerprint density at radius 2 is 2.11 bits per heavy atom. The maximum absolute atomic E-state index is 11.6. The molecule has 1 aliphatic rings. The minimum atomic E-state index is -0.393. The van der Waals surface area contributed by atoms with Crippen molar-refractivity contribution < 1.29 is 0 Å². The second-order valence-corrected chi connectivity index (χ2v) is 8.91. The van der Waals surface area contributed by atoms with Gasteiger partial charge in [-0.1, -0.05) is 13.3 Å². The Labute approximate surface area is 164 Å². The van der Waals surface area contributed by atoms with E-state index in [1.807, 2.05) is 0 Å². The highest BCUT2D eigenvalue weighted by molar-refractivity contribution is 7.09. The van der Waals surface area contributed by atoms with Gasteiger partial charge >= 0.3 is 0 Å². The first-order chi connectivity index (χ1) is 12.9. The Hall–Kier alpha value is -1.57. The zero-order valence-corrected chi connectivity index (χ0v) is 17.3. The van der Waals surface area contributed by atoms with Crippen molar-refractivity contribution in [3.8, 4) is 0 Å². The monoisotopic (exact) mass is 390 g/mol. The Morgan fingerprint density at radius 1 is 1.33 bits per heavy atom. The Balaban J connectivity index is 1.43. The normalized spacial score (nSPS) is 17.2. The second kappa shape index (κ2) is 9.08. The molecular formula is C20H30N4O2S. The number of aromatic nitrogens is 1. The first-order valence-corrected chi connectivity index (χ1v) is 10.7. The summed E-state index contributed by atoms with van der Waals surface area (Å²) in [6.45, 7) is 4.02. The fourth-order valence-electron chi connectivity index (χ4n) is 3.41. The summed E-state index contributed by atoms with van der Waals surface area (Å²) in [5.74, 6) is 0.988. The molecule has 6 nitrogen and oxygen atoms in total. The van der Waals surface area contributed by atoms with E-state index in [2.05, 4.69) is 41.9 Å². The molecule has 0 amide bonds. The van der Waals surface area contributed by atoms with Crippen molar-refractivity contribution in [1.82, 2.24) is 15.2 Å². The van der Waals surface area contributed by atoms with Gasteiger partial charge in [-0.3, -0.25) is 14.9 Å². The number of hydrogen-bond donors (Lipinski definition) is 2. The minimum Gasteiger partial charge on any atom is -0.366 e. The van der Waals surface area contributed by atoms with Crippen LogP contribution in [0.15, 0.2) is 21.0 Å². The molecule has 1 aromatic heterocycles. The zero-order valence-electron chi connectivity index (χ0n) is 16.5. The van der Waals surface area contributed by atoms with Crippen molar-refractivity contribution in [3.63, 3.8) is 0 Å². The third-order valence-electron chi connectivity index (χ3n) is 5.38. The van der Waals surface area contributed by atoms with Crippen molar-refractivity contribution in [2.75, 3.05) is 26.0 Å². The second-order valence-electron chi connectivity index (χ2n) is 7.97. The van der Waals surface area contributed by atoms with Gasteiger partial charge in [0.05, 0.1) is 17.5 Å². The summed E-state index contributed by atoms with van der Waals surface area (Å²) in [6, 6.07) is 1.41. The lowest BCUT2D eigenvalue weighted by molar-refractivity contribution is 0.245. The number of nitrogens with one attached hydrogen (secondary N) is 2. The van der Waals surface area contributed by atoms with Crippen LogP contribution >= 0.6 is 11.3 Å². The molecule has 1 saturated carbocycles. The van der Waals surface area contributed by atoms with Crippen LogP contribution in [0.25, 0.3) is 0 Å². The highest BCUT2D eigenvalue weighted by Crippen LogP contribution is 2.30. The highest BCUT2D eigenvalue weighted by atomic mass is 32.1. The predicted molar refractivity (Wildman–Crippen MR) is 111 cm³/mol. The maximum atomic E-state index is 11.6. The molecule has 1 fully saturated rings. The molecule has 7 heteroatoms. The summed E-state index contributed by atoms with van der Waals surface area (Å²) in [5.41, 5.74) is 0.880. The number of rotatable bonds is 11. The summed E-state index contributed by atoms with van der Waals surface area (Å²) in [7, 11) is 4.12. The van der Waals surface area contributed by atoms with Gasteiger partial charge in [0.2, 0.25) is 10.9 Å². The van der Waals surface area contributed by atoms with Gasteiger partial charge in [0.15, 0.2) is 0 Å². The van der Waals surface area contributed by atoms with Gasteiger partial charge in [0.1, 0.15) is 5.01 Å². The SMILES string of the molecule is CC(CCCNC(Nc1cc(=O)c1=O)C1CCC1)c1csc(CN(C)C)n1. The van der Waals surface area contributed by atoms with Gasteiger partial charge in [-0.2, -0.15) is 0 Å². The van der Waals surface area contributed by atoms with Gasteiger partial charge in [-0.25, -0.2) is 4.98 Å². The van der Waals surface area contributed by atoms with E-state index in [1.165, 1.54) is 36.0 Å². The molecule has 2 aromatic rings. The van der Waals surface area contributed by atoms with Gasteiger partial charge < -0.3 is 10.2 Å². The topological polar surface area (TPSA) is 74.3 Å². The average Bonchev–Trinajstić information content (AvgIpc) is 3.03. The molecule has 2 N–H and O–H groups in total. The predicted octanol–water partition coefficient (Wildman–Crippen LogP) is 2.51. The van der Waals surface area contributed by atoms with E-state index in [1.54, 1.807) is 11.3 Å². The van der Waals surface area contributed by atoms with Gasteiger partial charge in [-0.15, -0.1) is 11.3 Å². The lowest BCUT2D eigenvalue weighted by atomic mass is 9.82. The van der Waals surface area contributed by atoms with Crippen LogP contribution in [-0.4, -0.2) is 36.7 Å². The van der Waals surface area contributed by atoms with Gasteiger partial charge in [0.25, 0.3) is 0 Å². The minimum absolute atomic E-state index is 0.0864. The molecule has 1 aromatic carbocycles. The number of anilines is 1. The molecule has 3 rings (SSSR count). The first-order valence-electron chi connectivity index (χ1n) is 9.83. The largest absolute Gasteiger partial charge is 0.366 e. The van der Waals surface area contributed by atoms with Crippen molar-refractivity contribution >= 4 is 17.0 Å². The fraction of sp³-hybridized carbons (Fsp3) is 0.650. The lowest BCUT2D eigenvalue weighted by Crippen LogP contribution is -2.48. The van der Waals surface area contributed by atoms with Crippen LogP contribution in [0, 0.1) is 5.92 Å². The van der Waals surface area contributed by atoms with Crippen LogP contribution in [0.4, 0.5) is 5.69 Å². The number of hydrogen-bond acceptors (Lipinski definition) is 7. The third-order valence-corrected chi connectivity index (χ3v) is 6.23. The zero-order chi connectivity index (χ0) is 19.4. The number of thiazole rings is 1. The molecule has 0 saturated heterocycles. The molecule has 27 heavy (non-hydrogen) atoms. The summed E-state index contributed by atoms with van der Waals surface area (Å²) in [6.07, 6.45) is 5.80. The van der Waals surface area contributed by atoms with Crippen molar-refractivity contribution in [3.05, 3.63) is 42.6 Å². The average molecular weight is 391 g/mol. The summed E-state index contributed by atoms with van der Waals surface area (Å²) in [5, 5.41) is 10.1. The molecule has 0 spiro atoms. The van der Waals surface area contributed by atoms with Crippen LogP contribution in [0.5, 0.6) is 0 Å². The smallest absolute Gasteiger partial charge is 0.248 e. The molecule has 0 aliphatic heterocycles. The van der Waals surface area contributed by atoms with E-state index < -0.39 is 5.43 Å². The quantitative estimate of drug-likeness (QED) is 0.349. The van der Waals surface area contributed by atoms with Crippen LogP contribution in [0.3, 0.4) is 0 Å². The molecule has 2 atom stereocenters. The summed E-state index contributed by atoms with van der Waals surface area (Å²) in [4.78, 5) is 29.6. The summed E-state index contributed by atoms with van der Waals surface area (Å²) < 4.78 is 0. The fourth-order valence-corrected chi connectivity index (χ4v) is 4.44. The Bertz CT molecular complexity index is 805. The molecule has 148 valence electrons. The number of nitrogens with zero attached hydrogens (tertiary/aromatic N) is 2. The van der Waals surface area contributed by atoms with E-state index >= 15 is 0 Å². The first kappa shape index (κ1) is 20.2. The lowest BCUT2D eigenvalue weighted by Gasteiger charge is -2.35. The van der Waals surface area contributed by atoms with Crippen molar-refractivity contribution in [2.45, 2.75) is 57.7 Å². The maximum Gasteiger partial charge on any atom is 0.248 e. The molecule has 2 unspecified atom stereocenters. The van der Waals surface area contributed by atoms with E-state index in [0.29, 0.717) is 17.5 Å². The van der Waals surface area contributed by atoms with Gasteiger partial charge in [0, 0.05) is 18.0 Å². The summed E-state index contributed by atoms with van der Waals surface area (Å²) >= 11 is 1.74. The van der Waals surface area contributed by atoms with Crippen LogP contribution in [-0.2, 0) is 6.54 Å². The Morgan fingerprint density at radius 3 is 2.70 bits per heavy atom. The van der Waals surface area contributed by atoms with E-state index in [4.69, 9.17) is 4.98 Å². The van der Waals surface area contributed by atoms with Crippen LogP contribution in [0.1, 0.15) is 55.6 Å². The third kappa shape index (κ3) is 5.24. The molecule has 0 radical (unpaired) electrons. The van der Waals surface area contributed by atoms with Crippen molar-refractivity contribution in [2.24, 2.45) is 5.92 Å². The molecule has 0 bridgehead atoms. The molecule has 1 aliphatic carbocycles. The highest BCUT2D eigenvalue weighted by Gasteiger charge is 2.28.